The number of carbonyl (C=O) groups excluding carboxylic acids is 3. The molecule has 1 heterocycles. The van der Waals surface area contributed by atoms with Gasteiger partial charge < -0.3 is 0 Å². The summed E-state index contributed by atoms with van der Waals surface area (Å²) < 4.78 is 2.96. The lowest BCUT2D eigenvalue weighted by molar-refractivity contribution is -0.150. The van der Waals surface area contributed by atoms with Crippen molar-refractivity contribution < 1.29 is 14.4 Å². The van der Waals surface area contributed by atoms with E-state index in [0.29, 0.717) is 6.42 Å². The summed E-state index contributed by atoms with van der Waals surface area (Å²) >= 11 is 0. The van der Waals surface area contributed by atoms with Crippen LogP contribution in [0.2, 0.25) is 39.3 Å². The van der Waals surface area contributed by atoms with Crippen molar-refractivity contribution in [3.05, 3.63) is 11.6 Å². The topological polar surface area (TPSA) is 57.7 Å². The van der Waals surface area contributed by atoms with E-state index in [2.05, 4.69) is 6.08 Å². The summed E-state index contributed by atoms with van der Waals surface area (Å²) in [7, 11) is -4.53. The summed E-state index contributed by atoms with van der Waals surface area (Å²) in [5.74, 6) is -0.543. The van der Waals surface area contributed by atoms with Gasteiger partial charge in [0.05, 0.1) is 0 Å². The van der Waals surface area contributed by atoms with Crippen LogP contribution in [0.1, 0.15) is 39.0 Å². The lowest BCUT2D eigenvalue weighted by atomic mass is 9.71. The van der Waals surface area contributed by atoms with Crippen molar-refractivity contribution in [2.24, 2.45) is 5.41 Å². The number of hydrogen-bond donors (Lipinski definition) is 0. The van der Waals surface area contributed by atoms with E-state index in [0.717, 1.165) is 31.3 Å². The molecule has 0 bridgehead atoms. The molecule has 0 atom stereocenters. The number of barbiturate groups is 1. The fourth-order valence-corrected chi connectivity index (χ4v) is 7.01. The molecular weight excluding hydrogens is 348 g/mol. The maximum absolute atomic E-state index is 13.6. The SMILES string of the molecule is CCC1(C2=CCCCC2)C(=O)N([Si](C)(C)C)C(=O)N([Si](C)(C)C)C1=O. The van der Waals surface area contributed by atoms with Gasteiger partial charge in [-0.1, -0.05) is 52.3 Å². The number of nitrogens with zero attached hydrogens (tertiary/aromatic N) is 2. The molecule has 1 saturated heterocycles. The molecule has 0 aromatic heterocycles. The number of urea groups is 1. The molecule has 25 heavy (non-hydrogen) atoms. The van der Waals surface area contributed by atoms with E-state index in [1.807, 2.05) is 46.2 Å². The molecular formula is C18H32N2O3Si2. The van der Waals surface area contributed by atoms with E-state index in [9.17, 15) is 14.4 Å². The second kappa shape index (κ2) is 6.50. The molecule has 0 aromatic carbocycles. The third kappa shape index (κ3) is 3.16. The second-order valence-corrected chi connectivity index (χ2v) is 18.7. The average Bonchev–Trinajstić information content (AvgIpc) is 2.46. The minimum atomic E-state index is -2.27. The zero-order valence-corrected chi connectivity index (χ0v) is 18.7. The highest BCUT2D eigenvalue weighted by atomic mass is 28.3. The smallest absolute Gasteiger partial charge is 0.293 e. The average molecular weight is 381 g/mol. The van der Waals surface area contributed by atoms with E-state index in [1.165, 1.54) is 9.13 Å². The van der Waals surface area contributed by atoms with Gasteiger partial charge in [0.1, 0.15) is 5.41 Å². The van der Waals surface area contributed by atoms with Gasteiger partial charge in [-0.25, -0.2) is 4.79 Å². The van der Waals surface area contributed by atoms with Crippen molar-refractivity contribution >= 4 is 34.3 Å². The number of hydrogen-bond acceptors (Lipinski definition) is 3. The maximum Gasteiger partial charge on any atom is 0.317 e. The van der Waals surface area contributed by atoms with Crippen LogP contribution in [0, 0.1) is 5.41 Å². The molecule has 0 aromatic rings. The third-order valence-electron chi connectivity index (χ3n) is 5.23. The quantitative estimate of drug-likeness (QED) is 0.414. The van der Waals surface area contributed by atoms with Crippen LogP contribution in [0.25, 0.3) is 0 Å². The Labute approximate surface area is 153 Å². The molecule has 140 valence electrons. The van der Waals surface area contributed by atoms with Crippen molar-refractivity contribution in [1.82, 2.24) is 9.13 Å². The number of rotatable bonds is 4. The van der Waals surface area contributed by atoms with Gasteiger partial charge in [-0.3, -0.25) is 18.7 Å². The lowest BCUT2D eigenvalue weighted by Gasteiger charge is -2.52. The van der Waals surface area contributed by atoms with Crippen LogP contribution in [-0.4, -0.2) is 43.4 Å². The van der Waals surface area contributed by atoms with Crippen LogP contribution in [0.4, 0.5) is 4.79 Å². The molecule has 1 aliphatic carbocycles. The molecule has 4 amide bonds. The van der Waals surface area contributed by atoms with Gasteiger partial charge in [-0.2, -0.15) is 0 Å². The summed E-state index contributed by atoms with van der Waals surface area (Å²) in [6.45, 7) is 13.9. The van der Waals surface area contributed by atoms with Crippen LogP contribution < -0.4 is 0 Å². The summed E-state index contributed by atoms with van der Waals surface area (Å²) in [5.41, 5.74) is -0.232. The Morgan fingerprint density at radius 1 is 0.920 bits per heavy atom. The van der Waals surface area contributed by atoms with E-state index >= 15 is 0 Å². The molecule has 7 heteroatoms. The normalized spacial score (nSPS) is 22.4. The predicted octanol–water partition coefficient (Wildman–Crippen LogP) is 4.34. The monoisotopic (exact) mass is 380 g/mol. The molecule has 1 aliphatic heterocycles. The van der Waals surface area contributed by atoms with E-state index in [1.54, 1.807) is 0 Å². The first-order valence-electron chi connectivity index (χ1n) is 9.32. The lowest BCUT2D eigenvalue weighted by Crippen LogP contribution is -2.74. The summed E-state index contributed by atoms with van der Waals surface area (Å²) in [4.78, 5) is 40.4. The Balaban J connectivity index is 2.72. The fraction of sp³-hybridized carbons (Fsp3) is 0.722. The molecule has 0 spiro atoms. The van der Waals surface area contributed by atoms with Crippen LogP contribution in [-0.2, 0) is 9.59 Å². The Kier molecular flexibility index (Phi) is 5.23. The number of imide groups is 2. The molecule has 2 rings (SSSR count). The summed E-state index contributed by atoms with van der Waals surface area (Å²) in [6.07, 6.45) is 6.29. The predicted molar refractivity (Wildman–Crippen MR) is 105 cm³/mol. The number of allylic oxidation sites excluding steroid dienone is 1. The van der Waals surface area contributed by atoms with E-state index in [4.69, 9.17) is 0 Å². The van der Waals surface area contributed by atoms with Gasteiger partial charge in [0.2, 0.25) is 11.8 Å². The van der Waals surface area contributed by atoms with E-state index in [-0.39, 0.29) is 17.8 Å². The molecule has 1 fully saturated rings. The Morgan fingerprint density at radius 3 is 1.72 bits per heavy atom. The molecule has 0 N–H and O–H groups in total. The Hall–Kier alpha value is -1.22. The highest BCUT2D eigenvalue weighted by Gasteiger charge is 2.61. The zero-order chi connectivity index (χ0) is 19.2. The van der Waals surface area contributed by atoms with Crippen molar-refractivity contribution in [1.29, 1.82) is 0 Å². The summed E-state index contributed by atoms with van der Waals surface area (Å²) in [5, 5.41) is 0. The number of amides is 4. The fourth-order valence-electron chi connectivity index (χ4n) is 3.96. The van der Waals surface area contributed by atoms with Crippen molar-refractivity contribution in [2.75, 3.05) is 0 Å². The third-order valence-corrected chi connectivity index (χ3v) is 8.70. The van der Waals surface area contributed by atoms with Gasteiger partial charge >= 0.3 is 6.03 Å². The largest absolute Gasteiger partial charge is 0.317 e. The second-order valence-electron chi connectivity index (χ2n) is 9.14. The van der Waals surface area contributed by atoms with Gasteiger partial charge in [0.25, 0.3) is 0 Å². The maximum atomic E-state index is 13.6. The molecule has 2 aliphatic rings. The van der Waals surface area contributed by atoms with Gasteiger partial charge in [0.15, 0.2) is 16.5 Å². The van der Waals surface area contributed by atoms with Gasteiger partial charge in [-0.15, -0.1) is 0 Å². The van der Waals surface area contributed by atoms with Crippen LogP contribution in [0.15, 0.2) is 11.6 Å². The first-order chi connectivity index (χ1) is 11.4. The van der Waals surface area contributed by atoms with Gasteiger partial charge in [0, 0.05) is 0 Å². The Morgan fingerprint density at radius 2 is 1.40 bits per heavy atom. The first kappa shape index (κ1) is 20.1. The highest BCUT2D eigenvalue weighted by Crippen LogP contribution is 2.45. The van der Waals surface area contributed by atoms with Crippen LogP contribution in [0.3, 0.4) is 0 Å². The minimum Gasteiger partial charge on any atom is -0.293 e. The molecule has 5 nitrogen and oxygen atoms in total. The van der Waals surface area contributed by atoms with Crippen molar-refractivity contribution in [3.63, 3.8) is 0 Å². The first-order valence-corrected chi connectivity index (χ1v) is 16.2. The standard InChI is InChI=1S/C18H32N2O3Si2/c1-8-18(14-12-10-9-11-13-14)15(21)19(24(2,3)4)17(23)20(16(18)22)25(5,6)7/h12H,8-11,13H2,1-7H3. The van der Waals surface area contributed by atoms with E-state index < -0.39 is 21.9 Å². The summed E-state index contributed by atoms with van der Waals surface area (Å²) in [6, 6.07) is -0.381. The molecule has 0 saturated carbocycles. The highest BCUT2D eigenvalue weighted by molar-refractivity contribution is 6.82. The zero-order valence-electron chi connectivity index (χ0n) is 16.7. The molecule has 0 unspecified atom stereocenters. The van der Waals surface area contributed by atoms with Gasteiger partial charge in [-0.05, 0) is 37.7 Å². The Bertz CT molecular complexity index is 593. The minimum absolute atomic E-state index is 0.271. The van der Waals surface area contributed by atoms with Crippen molar-refractivity contribution in [3.8, 4) is 0 Å². The van der Waals surface area contributed by atoms with Crippen LogP contribution in [0.5, 0.6) is 0 Å². The number of carbonyl (C=O) groups is 3. The van der Waals surface area contributed by atoms with Crippen molar-refractivity contribution in [2.45, 2.75) is 78.3 Å². The van der Waals surface area contributed by atoms with Crippen LogP contribution >= 0.6 is 0 Å². The molecule has 0 radical (unpaired) electrons.